The number of hydrogen-bond acceptors (Lipinski definition) is 6. The summed E-state index contributed by atoms with van der Waals surface area (Å²) in [6.07, 6.45) is 1.01. The van der Waals surface area contributed by atoms with E-state index in [1.54, 1.807) is 12.1 Å². The molecule has 1 fully saturated rings. The van der Waals surface area contributed by atoms with E-state index in [1.807, 2.05) is 17.0 Å². The number of aromatic amines is 1. The first-order chi connectivity index (χ1) is 13.7. The van der Waals surface area contributed by atoms with Crippen LogP contribution < -0.4 is 14.2 Å². The molecule has 2 aromatic rings. The van der Waals surface area contributed by atoms with Crippen molar-refractivity contribution in [1.82, 2.24) is 20.0 Å². The fourth-order valence-corrected chi connectivity index (χ4v) is 3.80. The Morgan fingerprint density at radius 2 is 2.11 bits per heavy atom. The number of likely N-dealkylation sites (tertiary alicyclic amines) is 1. The Morgan fingerprint density at radius 3 is 2.93 bits per heavy atom. The summed E-state index contributed by atoms with van der Waals surface area (Å²) in [5.41, 5.74) is 1.19. The minimum Gasteiger partial charge on any atom is -0.487 e. The third-order valence-electron chi connectivity index (χ3n) is 5.37. The van der Waals surface area contributed by atoms with Crippen molar-refractivity contribution in [2.75, 3.05) is 33.0 Å². The number of nitrogens with one attached hydrogen (secondary N) is 1. The van der Waals surface area contributed by atoms with E-state index in [0.717, 1.165) is 44.0 Å². The molecule has 0 bridgehead atoms. The minimum atomic E-state index is -0.0276. The lowest BCUT2D eigenvalue weighted by Gasteiger charge is -2.25. The molecule has 1 aromatic carbocycles. The maximum Gasteiger partial charge on any atom is 0.274 e. The molecule has 1 amide bonds. The quantitative estimate of drug-likeness (QED) is 0.786. The summed E-state index contributed by atoms with van der Waals surface area (Å²) in [6, 6.07) is 7.64. The number of rotatable bonds is 7. The van der Waals surface area contributed by atoms with Crippen LogP contribution in [0.5, 0.6) is 17.2 Å². The van der Waals surface area contributed by atoms with Crippen LogP contribution in [0.1, 0.15) is 36.5 Å². The Kier molecular flexibility index (Phi) is 5.38. The molecule has 0 saturated carbocycles. The zero-order chi connectivity index (χ0) is 19.5. The molecule has 1 atom stereocenters. The molecule has 0 unspecified atom stereocenters. The first-order valence-corrected chi connectivity index (χ1v) is 9.78. The van der Waals surface area contributed by atoms with Gasteiger partial charge in [-0.1, -0.05) is 13.8 Å². The molecule has 2 aliphatic heterocycles. The highest BCUT2D eigenvalue weighted by molar-refractivity contribution is 5.92. The van der Waals surface area contributed by atoms with Gasteiger partial charge in [-0.3, -0.25) is 14.8 Å². The number of benzene rings is 1. The van der Waals surface area contributed by atoms with Gasteiger partial charge in [0.05, 0.1) is 5.69 Å². The Morgan fingerprint density at radius 1 is 1.29 bits per heavy atom. The number of fused-ring (bicyclic) bond motifs is 1. The second-order valence-electron chi connectivity index (χ2n) is 7.00. The van der Waals surface area contributed by atoms with E-state index < -0.39 is 0 Å². The van der Waals surface area contributed by atoms with Crippen molar-refractivity contribution in [2.45, 2.75) is 32.9 Å². The Bertz CT molecular complexity index is 833. The van der Waals surface area contributed by atoms with Crippen molar-refractivity contribution in [3.05, 3.63) is 35.7 Å². The summed E-state index contributed by atoms with van der Waals surface area (Å²) in [5.74, 6) is 2.04. The van der Waals surface area contributed by atoms with Gasteiger partial charge >= 0.3 is 0 Å². The van der Waals surface area contributed by atoms with Crippen molar-refractivity contribution in [2.24, 2.45) is 0 Å². The second kappa shape index (κ2) is 8.10. The van der Waals surface area contributed by atoms with Gasteiger partial charge in [-0.05, 0) is 37.7 Å². The number of carbonyl (C=O) groups is 1. The van der Waals surface area contributed by atoms with E-state index in [4.69, 9.17) is 14.2 Å². The lowest BCUT2D eigenvalue weighted by Crippen LogP contribution is -2.38. The maximum absolute atomic E-state index is 12.8. The van der Waals surface area contributed by atoms with Crippen LogP contribution in [0.4, 0.5) is 0 Å². The van der Waals surface area contributed by atoms with Gasteiger partial charge in [0, 0.05) is 25.2 Å². The fourth-order valence-electron chi connectivity index (χ4n) is 3.80. The van der Waals surface area contributed by atoms with Gasteiger partial charge in [0.2, 0.25) is 6.79 Å². The molecule has 2 aliphatic rings. The molecule has 4 rings (SSSR count). The molecular weight excluding hydrogens is 360 g/mol. The number of likely N-dealkylation sites (N-methyl/N-ethyl adjacent to an activating group) is 1. The maximum atomic E-state index is 12.8. The van der Waals surface area contributed by atoms with Crippen LogP contribution in [0, 0.1) is 0 Å². The summed E-state index contributed by atoms with van der Waals surface area (Å²) in [5, 5.41) is 7.09. The number of amides is 1. The lowest BCUT2D eigenvalue weighted by molar-refractivity contribution is 0.0772. The third-order valence-corrected chi connectivity index (χ3v) is 5.37. The molecule has 150 valence electrons. The van der Waals surface area contributed by atoms with Gasteiger partial charge in [-0.25, -0.2) is 0 Å². The predicted octanol–water partition coefficient (Wildman–Crippen LogP) is 2.27. The highest BCUT2D eigenvalue weighted by Crippen LogP contribution is 2.35. The molecule has 28 heavy (non-hydrogen) atoms. The lowest BCUT2D eigenvalue weighted by atomic mass is 10.2. The van der Waals surface area contributed by atoms with Crippen LogP contribution >= 0.6 is 0 Å². The van der Waals surface area contributed by atoms with E-state index in [-0.39, 0.29) is 12.7 Å². The summed E-state index contributed by atoms with van der Waals surface area (Å²) in [4.78, 5) is 17.1. The van der Waals surface area contributed by atoms with Gasteiger partial charge in [-0.2, -0.15) is 5.10 Å². The Labute approximate surface area is 164 Å². The second-order valence-corrected chi connectivity index (χ2v) is 7.00. The number of carbonyl (C=O) groups excluding carboxylic acids is 1. The SMILES string of the molecule is CCN(CC)[C@@H]1CCN(C(=O)c2cc(COc3ccc4c(c3)OCO4)[nH]n2)C1. The van der Waals surface area contributed by atoms with E-state index in [1.165, 1.54) is 0 Å². The Hall–Kier alpha value is -2.74. The van der Waals surface area contributed by atoms with Crippen LogP contribution in [0.15, 0.2) is 24.3 Å². The van der Waals surface area contributed by atoms with Crippen molar-refractivity contribution in [3.8, 4) is 17.2 Å². The third kappa shape index (κ3) is 3.77. The molecule has 0 aliphatic carbocycles. The number of hydrogen-bond donors (Lipinski definition) is 1. The molecule has 8 heteroatoms. The number of nitrogens with zero attached hydrogens (tertiary/aromatic N) is 3. The topological polar surface area (TPSA) is 79.9 Å². The average molecular weight is 386 g/mol. The summed E-state index contributed by atoms with van der Waals surface area (Å²) < 4.78 is 16.4. The highest BCUT2D eigenvalue weighted by atomic mass is 16.7. The molecule has 1 N–H and O–H groups in total. The smallest absolute Gasteiger partial charge is 0.274 e. The normalized spacial score (nSPS) is 18.1. The van der Waals surface area contributed by atoms with E-state index in [2.05, 4.69) is 28.9 Å². The molecule has 0 radical (unpaired) electrons. The van der Waals surface area contributed by atoms with Crippen LogP contribution in [-0.4, -0.2) is 64.9 Å². The van der Waals surface area contributed by atoms with Crippen molar-refractivity contribution >= 4 is 5.91 Å². The zero-order valence-corrected chi connectivity index (χ0v) is 16.3. The summed E-state index contributed by atoms with van der Waals surface area (Å²) >= 11 is 0. The molecule has 3 heterocycles. The summed E-state index contributed by atoms with van der Waals surface area (Å²) in [7, 11) is 0. The van der Waals surface area contributed by atoms with E-state index >= 15 is 0 Å². The van der Waals surface area contributed by atoms with Crippen LogP contribution in [0.2, 0.25) is 0 Å². The van der Waals surface area contributed by atoms with Crippen molar-refractivity contribution in [1.29, 1.82) is 0 Å². The zero-order valence-electron chi connectivity index (χ0n) is 16.3. The van der Waals surface area contributed by atoms with Gasteiger partial charge in [0.15, 0.2) is 17.2 Å². The van der Waals surface area contributed by atoms with Crippen molar-refractivity contribution in [3.63, 3.8) is 0 Å². The fraction of sp³-hybridized carbons (Fsp3) is 0.500. The largest absolute Gasteiger partial charge is 0.487 e. The van der Waals surface area contributed by atoms with Crippen molar-refractivity contribution < 1.29 is 19.0 Å². The molecule has 1 saturated heterocycles. The average Bonchev–Trinajstić information content (AvgIpc) is 3.46. The van der Waals surface area contributed by atoms with E-state index in [9.17, 15) is 4.79 Å². The van der Waals surface area contributed by atoms with Crippen LogP contribution in [0.25, 0.3) is 0 Å². The monoisotopic (exact) mass is 386 g/mol. The molecule has 0 spiro atoms. The standard InChI is InChI=1S/C20H26N4O4/c1-3-23(4-2)15-7-8-24(11-15)20(25)17-9-14(21-22-17)12-26-16-5-6-18-19(10-16)28-13-27-18/h5-6,9-10,15H,3-4,7-8,11-13H2,1-2H3,(H,21,22)/t15-/m1/s1. The molecule has 1 aromatic heterocycles. The van der Waals surface area contributed by atoms with Crippen LogP contribution in [-0.2, 0) is 6.61 Å². The van der Waals surface area contributed by atoms with E-state index in [0.29, 0.717) is 29.8 Å². The number of aromatic nitrogens is 2. The number of ether oxygens (including phenoxy) is 3. The summed E-state index contributed by atoms with van der Waals surface area (Å²) in [6.45, 7) is 8.40. The van der Waals surface area contributed by atoms with Gasteiger partial charge in [0.1, 0.15) is 12.4 Å². The Balaban J connectivity index is 1.33. The number of H-pyrrole nitrogens is 1. The van der Waals surface area contributed by atoms with Gasteiger partial charge in [-0.15, -0.1) is 0 Å². The van der Waals surface area contributed by atoms with Gasteiger partial charge in [0.25, 0.3) is 5.91 Å². The highest BCUT2D eigenvalue weighted by Gasteiger charge is 2.30. The minimum absolute atomic E-state index is 0.0276. The first-order valence-electron chi connectivity index (χ1n) is 9.78. The molecular formula is C20H26N4O4. The van der Waals surface area contributed by atoms with Crippen LogP contribution in [0.3, 0.4) is 0 Å². The molecule has 8 nitrogen and oxygen atoms in total. The van der Waals surface area contributed by atoms with Gasteiger partial charge < -0.3 is 19.1 Å². The first kappa shape index (κ1) is 18.6. The predicted molar refractivity (Wildman–Crippen MR) is 103 cm³/mol.